The third-order valence-electron chi connectivity index (χ3n) is 3.54. The summed E-state index contributed by atoms with van der Waals surface area (Å²) in [5, 5.41) is 4.79. The molecule has 0 bridgehead atoms. The van der Waals surface area contributed by atoms with Crippen molar-refractivity contribution in [3.8, 4) is 5.75 Å². The smallest absolute Gasteiger partial charge is 0.257 e. The van der Waals surface area contributed by atoms with Crippen LogP contribution in [-0.4, -0.2) is 13.0 Å². The average molecular weight is 353 g/mol. The van der Waals surface area contributed by atoms with Gasteiger partial charge in [0.05, 0.1) is 12.7 Å². The number of benzene rings is 2. The molecule has 0 spiro atoms. The van der Waals surface area contributed by atoms with Gasteiger partial charge in [-0.15, -0.1) is 11.3 Å². The van der Waals surface area contributed by atoms with E-state index >= 15 is 0 Å². The number of rotatable bonds is 5. The zero-order valence-electron chi connectivity index (χ0n) is 13.5. The second-order valence-corrected chi connectivity index (χ2v) is 6.22. The van der Waals surface area contributed by atoms with E-state index in [-0.39, 0.29) is 11.7 Å². The third kappa shape index (κ3) is 4.33. The summed E-state index contributed by atoms with van der Waals surface area (Å²) in [5.74, 6) is 0.119. The van der Waals surface area contributed by atoms with Crippen LogP contribution in [0.5, 0.6) is 5.75 Å². The second-order valence-electron chi connectivity index (χ2n) is 5.27. The van der Waals surface area contributed by atoms with Crippen molar-refractivity contribution in [2.24, 2.45) is 0 Å². The molecule has 2 aromatic carbocycles. The Kier molecular flexibility index (Phi) is 5.26. The molecule has 3 nitrogen and oxygen atoms in total. The maximum absolute atomic E-state index is 13.1. The van der Waals surface area contributed by atoms with Gasteiger partial charge in [-0.2, -0.15) is 0 Å². The van der Waals surface area contributed by atoms with Gasteiger partial charge < -0.3 is 10.1 Å². The molecule has 0 radical (unpaired) electrons. The highest BCUT2D eigenvalue weighted by atomic mass is 32.1. The van der Waals surface area contributed by atoms with Gasteiger partial charge in [-0.3, -0.25) is 4.79 Å². The molecule has 3 rings (SSSR count). The molecule has 0 fully saturated rings. The highest BCUT2D eigenvalue weighted by Crippen LogP contribution is 2.25. The van der Waals surface area contributed by atoms with E-state index in [0.29, 0.717) is 17.0 Å². The van der Waals surface area contributed by atoms with Crippen LogP contribution in [0.1, 0.15) is 10.4 Å². The number of amides is 1. The van der Waals surface area contributed by atoms with Crippen molar-refractivity contribution in [1.29, 1.82) is 0 Å². The third-order valence-corrected chi connectivity index (χ3v) is 4.44. The molecule has 0 aliphatic carbocycles. The molecule has 1 amide bonds. The van der Waals surface area contributed by atoms with Gasteiger partial charge >= 0.3 is 0 Å². The molecule has 0 atom stereocenters. The van der Waals surface area contributed by atoms with Crippen LogP contribution < -0.4 is 10.1 Å². The molecule has 3 aromatic rings. The predicted octanol–water partition coefficient (Wildman–Crippen LogP) is 5.08. The van der Waals surface area contributed by atoms with Gasteiger partial charge in [0.2, 0.25) is 0 Å². The van der Waals surface area contributed by atoms with Crippen molar-refractivity contribution in [3.63, 3.8) is 0 Å². The molecule has 1 aromatic heterocycles. The molecule has 0 unspecified atom stereocenters. The minimum Gasteiger partial charge on any atom is -0.497 e. The maximum Gasteiger partial charge on any atom is 0.257 e. The summed E-state index contributed by atoms with van der Waals surface area (Å²) < 4.78 is 18.3. The minimum absolute atomic E-state index is 0.236. The lowest BCUT2D eigenvalue weighted by atomic mass is 10.1. The lowest BCUT2D eigenvalue weighted by molar-refractivity contribution is -0.111. The van der Waals surface area contributed by atoms with Crippen LogP contribution >= 0.6 is 11.3 Å². The van der Waals surface area contributed by atoms with E-state index < -0.39 is 0 Å². The van der Waals surface area contributed by atoms with Gasteiger partial charge in [-0.25, -0.2) is 4.39 Å². The number of nitrogens with one attached hydrogen (secondary N) is 1. The Bertz CT molecular complexity index is 886. The fourth-order valence-corrected chi connectivity index (χ4v) is 3.04. The highest BCUT2D eigenvalue weighted by molar-refractivity contribution is 7.11. The fraction of sp³-hybridized carbons (Fsp3) is 0.0500. The van der Waals surface area contributed by atoms with E-state index in [1.54, 1.807) is 37.5 Å². The summed E-state index contributed by atoms with van der Waals surface area (Å²) in [5.41, 5.74) is 1.92. The normalized spacial score (nSPS) is 11.2. The van der Waals surface area contributed by atoms with Gasteiger partial charge in [-0.1, -0.05) is 24.3 Å². The first kappa shape index (κ1) is 16.9. The lowest BCUT2D eigenvalue weighted by Gasteiger charge is -2.09. The summed E-state index contributed by atoms with van der Waals surface area (Å²) >= 11 is 1.47. The van der Waals surface area contributed by atoms with Gasteiger partial charge in [0.15, 0.2) is 0 Å². The number of methoxy groups -OCH3 is 1. The number of carbonyl (C=O) groups excluding carboxylic acids is 1. The Morgan fingerprint density at radius 1 is 1.12 bits per heavy atom. The van der Waals surface area contributed by atoms with Crippen LogP contribution in [0.3, 0.4) is 0 Å². The van der Waals surface area contributed by atoms with Crippen molar-refractivity contribution in [3.05, 3.63) is 82.3 Å². The Morgan fingerprint density at radius 3 is 2.60 bits per heavy atom. The molecule has 1 heterocycles. The van der Waals surface area contributed by atoms with Crippen LogP contribution in [0.4, 0.5) is 10.1 Å². The second kappa shape index (κ2) is 7.77. The van der Waals surface area contributed by atoms with Gasteiger partial charge in [0, 0.05) is 16.6 Å². The molecule has 0 saturated carbocycles. The molecule has 126 valence electrons. The quantitative estimate of drug-likeness (QED) is 0.650. The molecular weight excluding hydrogens is 337 g/mol. The molecular formula is C20H16FNO2S. The maximum atomic E-state index is 13.1. The van der Waals surface area contributed by atoms with E-state index in [2.05, 4.69) is 5.32 Å². The molecule has 0 aliphatic heterocycles. The fourth-order valence-electron chi connectivity index (χ4n) is 2.31. The number of hydrogen-bond acceptors (Lipinski definition) is 3. The Hall–Kier alpha value is -2.92. The van der Waals surface area contributed by atoms with E-state index in [1.165, 1.54) is 23.5 Å². The number of ether oxygens (including phenoxy) is 1. The van der Waals surface area contributed by atoms with Crippen molar-refractivity contribution in [2.75, 3.05) is 12.4 Å². The van der Waals surface area contributed by atoms with E-state index in [1.807, 2.05) is 29.6 Å². The van der Waals surface area contributed by atoms with Crippen LogP contribution in [0.2, 0.25) is 0 Å². The van der Waals surface area contributed by atoms with Crippen LogP contribution in [0.15, 0.2) is 66.0 Å². The highest BCUT2D eigenvalue weighted by Gasteiger charge is 2.14. The minimum atomic E-state index is -0.310. The summed E-state index contributed by atoms with van der Waals surface area (Å²) in [6.45, 7) is 0. The first-order chi connectivity index (χ1) is 12.2. The Labute approximate surface area is 149 Å². The number of anilines is 1. The zero-order valence-corrected chi connectivity index (χ0v) is 14.3. The van der Waals surface area contributed by atoms with Crippen molar-refractivity contribution >= 4 is 34.6 Å². The summed E-state index contributed by atoms with van der Waals surface area (Å²) in [6.07, 6.45) is 1.75. The van der Waals surface area contributed by atoms with E-state index in [0.717, 1.165) is 10.4 Å². The van der Waals surface area contributed by atoms with Crippen molar-refractivity contribution in [2.45, 2.75) is 0 Å². The Balaban J connectivity index is 1.91. The van der Waals surface area contributed by atoms with Crippen LogP contribution in [0.25, 0.3) is 11.6 Å². The van der Waals surface area contributed by atoms with Crippen LogP contribution in [-0.2, 0) is 4.79 Å². The molecule has 5 heteroatoms. The number of hydrogen-bond donors (Lipinski definition) is 1. The topological polar surface area (TPSA) is 38.3 Å². The molecule has 0 saturated heterocycles. The van der Waals surface area contributed by atoms with E-state index in [9.17, 15) is 9.18 Å². The molecule has 1 N–H and O–H groups in total. The largest absolute Gasteiger partial charge is 0.497 e. The number of thiophene rings is 1. The van der Waals surface area contributed by atoms with Gasteiger partial charge in [0.1, 0.15) is 11.6 Å². The number of halogens is 1. The first-order valence-corrected chi connectivity index (χ1v) is 8.50. The molecule has 25 heavy (non-hydrogen) atoms. The molecule has 0 aliphatic rings. The van der Waals surface area contributed by atoms with E-state index in [4.69, 9.17) is 4.74 Å². The summed E-state index contributed by atoms with van der Waals surface area (Å²) in [7, 11) is 1.58. The standard InChI is InChI=1S/C20H16FNO2S/c1-24-17-5-2-4-16(13-17)22-20(23)18(19-6-3-11-25-19)12-14-7-9-15(21)10-8-14/h2-13H,1H3,(H,22,23). The lowest BCUT2D eigenvalue weighted by Crippen LogP contribution is -2.13. The van der Waals surface area contributed by atoms with Crippen LogP contribution in [0, 0.1) is 5.82 Å². The van der Waals surface area contributed by atoms with Gasteiger partial charge in [-0.05, 0) is 47.4 Å². The van der Waals surface area contributed by atoms with Crippen molar-refractivity contribution in [1.82, 2.24) is 0 Å². The number of carbonyl (C=O) groups is 1. The summed E-state index contributed by atoms with van der Waals surface area (Å²) in [6, 6.07) is 17.0. The monoisotopic (exact) mass is 353 g/mol. The predicted molar refractivity (Wildman–Crippen MR) is 100 cm³/mol. The zero-order chi connectivity index (χ0) is 17.6. The summed E-state index contributed by atoms with van der Waals surface area (Å²) in [4.78, 5) is 13.6. The SMILES string of the molecule is COc1cccc(NC(=O)C(=Cc2ccc(F)cc2)c2cccs2)c1. The first-order valence-electron chi connectivity index (χ1n) is 7.62. The van der Waals surface area contributed by atoms with Crippen molar-refractivity contribution < 1.29 is 13.9 Å². The van der Waals surface area contributed by atoms with Gasteiger partial charge in [0.25, 0.3) is 5.91 Å². The Morgan fingerprint density at radius 2 is 1.92 bits per heavy atom. The average Bonchev–Trinajstić information content (AvgIpc) is 3.15.